The molecule has 3 amide bonds. The standard InChI is InChI=1S/C45H60N4O4/c1-2-3-4-5-6-16-27-47-28-17-19-35(33-47)32-46-43(52)40-26-18-29-48(40)44(53)41-30-39(50)34-49(41)42(51)31-45(36-20-10-7-11-21-36,37-22-12-8-13-23-37)38-24-14-9-15-25-38/h7-15,20-25,35,39-41,50H,2-6,16-19,26-34H2,1H3,(H,46,52). The second-order valence-electron chi connectivity index (χ2n) is 15.6. The summed E-state index contributed by atoms with van der Waals surface area (Å²) in [6.45, 7) is 6.72. The van der Waals surface area contributed by atoms with E-state index in [1.165, 1.54) is 38.5 Å². The predicted octanol–water partition coefficient (Wildman–Crippen LogP) is 6.55. The molecule has 6 rings (SSSR count). The van der Waals surface area contributed by atoms with Crippen LogP contribution in [0.3, 0.4) is 0 Å². The number of piperidine rings is 1. The van der Waals surface area contributed by atoms with Gasteiger partial charge in [-0.05, 0) is 67.8 Å². The van der Waals surface area contributed by atoms with Crippen molar-refractivity contribution in [2.75, 3.05) is 39.3 Å². The molecule has 8 heteroatoms. The second-order valence-corrected chi connectivity index (χ2v) is 15.6. The molecule has 3 aliphatic heterocycles. The summed E-state index contributed by atoms with van der Waals surface area (Å²) in [5.74, 6) is -0.119. The number of likely N-dealkylation sites (tertiary alicyclic amines) is 3. The molecule has 2 N–H and O–H groups in total. The summed E-state index contributed by atoms with van der Waals surface area (Å²) >= 11 is 0. The quantitative estimate of drug-likeness (QED) is 0.129. The summed E-state index contributed by atoms with van der Waals surface area (Å²) in [6.07, 6.45) is 10.8. The third-order valence-electron chi connectivity index (χ3n) is 11.9. The van der Waals surface area contributed by atoms with Crippen LogP contribution in [0.15, 0.2) is 91.0 Å². The molecule has 0 aliphatic carbocycles. The molecule has 8 nitrogen and oxygen atoms in total. The Bertz CT molecular complexity index is 1510. The Labute approximate surface area is 316 Å². The number of β-amino-alcohol motifs (C(OH)–C–C–N with tert-alkyl or cyclic N) is 1. The average molecular weight is 721 g/mol. The number of nitrogens with zero attached hydrogens (tertiary/aromatic N) is 3. The molecule has 53 heavy (non-hydrogen) atoms. The highest BCUT2D eigenvalue weighted by Gasteiger charge is 2.47. The van der Waals surface area contributed by atoms with Crippen LogP contribution in [-0.2, 0) is 19.8 Å². The lowest BCUT2D eigenvalue weighted by atomic mass is 9.67. The molecular weight excluding hydrogens is 661 g/mol. The predicted molar refractivity (Wildman–Crippen MR) is 210 cm³/mol. The zero-order valence-corrected chi connectivity index (χ0v) is 31.7. The Balaban J connectivity index is 1.12. The molecule has 4 atom stereocenters. The third kappa shape index (κ3) is 9.39. The van der Waals surface area contributed by atoms with Crippen molar-refractivity contribution in [3.63, 3.8) is 0 Å². The van der Waals surface area contributed by atoms with Gasteiger partial charge >= 0.3 is 0 Å². The summed E-state index contributed by atoms with van der Waals surface area (Å²) in [7, 11) is 0. The van der Waals surface area contributed by atoms with Gasteiger partial charge < -0.3 is 25.1 Å². The van der Waals surface area contributed by atoms with Crippen molar-refractivity contribution >= 4 is 17.7 Å². The summed E-state index contributed by atoms with van der Waals surface area (Å²) in [4.78, 5) is 48.5. The molecule has 3 aromatic rings. The lowest BCUT2D eigenvalue weighted by molar-refractivity contribution is -0.146. The molecule has 3 aromatic carbocycles. The lowest BCUT2D eigenvalue weighted by Crippen LogP contribution is -2.54. The van der Waals surface area contributed by atoms with Crippen molar-refractivity contribution in [2.24, 2.45) is 5.92 Å². The first-order valence-electron chi connectivity index (χ1n) is 20.4. The van der Waals surface area contributed by atoms with E-state index in [9.17, 15) is 19.5 Å². The minimum absolute atomic E-state index is 0.0860. The molecule has 0 spiro atoms. The number of hydrogen-bond donors (Lipinski definition) is 2. The summed E-state index contributed by atoms with van der Waals surface area (Å²) < 4.78 is 0. The van der Waals surface area contributed by atoms with E-state index in [1.54, 1.807) is 9.80 Å². The van der Waals surface area contributed by atoms with Gasteiger partial charge in [0, 0.05) is 39.0 Å². The van der Waals surface area contributed by atoms with Crippen LogP contribution in [0.2, 0.25) is 0 Å². The molecule has 4 unspecified atom stereocenters. The maximum Gasteiger partial charge on any atom is 0.246 e. The van der Waals surface area contributed by atoms with Crippen molar-refractivity contribution in [3.05, 3.63) is 108 Å². The highest BCUT2D eigenvalue weighted by molar-refractivity contribution is 5.93. The van der Waals surface area contributed by atoms with Crippen LogP contribution in [-0.4, -0.2) is 95.0 Å². The molecule has 0 aromatic heterocycles. The van der Waals surface area contributed by atoms with Crippen molar-refractivity contribution in [2.45, 2.75) is 108 Å². The molecule has 3 aliphatic rings. The highest BCUT2D eigenvalue weighted by Crippen LogP contribution is 2.43. The van der Waals surface area contributed by atoms with E-state index in [4.69, 9.17) is 0 Å². The summed E-state index contributed by atoms with van der Waals surface area (Å²) in [5, 5.41) is 14.2. The van der Waals surface area contributed by atoms with E-state index in [2.05, 4.69) is 53.5 Å². The molecule has 0 radical (unpaired) electrons. The number of aliphatic hydroxyl groups is 1. The monoisotopic (exact) mass is 720 g/mol. The number of amides is 3. The van der Waals surface area contributed by atoms with Crippen molar-refractivity contribution < 1.29 is 19.5 Å². The van der Waals surface area contributed by atoms with E-state index in [0.717, 1.165) is 55.6 Å². The van der Waals surface area contributed by atoms with Gasteiger partial charge in [-0.3, -0.25) is 14.4 Å². The number of hydrogen-bond acceptors (Lipinski definition) is 5. The Morgan fingerprint density at radius 1 is 0.717 bits per heavy atom. The Morgan fingerprint density at radius 2 is 1.30 bits per heavy atom. The van der Waals surface area contributed by atoms with Gasteiger partial charge in [0.2, 0.25) is 17.7 Å². The number of aliphatic hydroxyl groups excluding tert-OH is 1. The highest BCUT2D eigenvalue weighted by atomic mass is 16.3. The fourth-order valence-electron chi connectivity index (χ4n) is 9.12. The summed E-state index contributed by atoms with van der Waals surface area (Å²) in [5.41, 5.74) is 2.12. The topological polar surface area (TPSA) is 93.2 Å². The van der Waals surface area contributed by atoms with E-state index in [-0.39, 0.29) is 37.1 Å². The molecular formula is C45H60N4O4. The lowest BCUT2D eigenvalue weighted by Gasteiger charge is -2.38. The first-order chi connectivity index (χ1) is 25.9. The van der Waals surface area contributed by atoms with Gasteiger partial charge in [-0.1, -0.05) is 130 Å². The van der Waals surface area contributed by atoms with E-state index in [0.29, 0.717) is 25.4 Å². The minimum atomic E-state index is -0.820. The molecule has 3 saturated heterocycles. The SMILES string of the molecule is CCCCCCCCN1CCCC(CNC(=O)C2CCCN2C(=O)C2CC(O)CN2C(=O)CC(c2ccccc2)(c2ccccc2)c2ccccc2)C1. The Kier molecular flexibility index (Phi) is 13.8. The van der Waals surface area contributed by atoms with Crippen LogP contribution in [0.25, 0.3) is 0 Å². The Hall–Kier alpha value is -4.01. The van der Waals surface area contributed by atoms with Crippen LogP contribution in [0, 0.1) is 5.92 Å². The number of nitrogens with one attached hydrogen (secondary N) is 1. The molecule has 0 bridgehead atoms. The molecule has 0 saturated carbocycles. The number of carbonyl (C=O) groups is 3. The molecule has 284 valence electrons. The van der Waals surface area contributed by atoms with Gasteiger partial charge in [0.05, 0.1) is 11.5 Å². The van der Waals surface area contributed by atoms with E-state index in [1.807, 2.05) is 54.6 Å². The van der Waals surface area contributed by atoms with Gasteiger partial charge in [-0.2, -0.15) is 0 Å². The molecule has 3 heterocycles. The third-order valence-corrected chi connectivity index (χ3v) is 11.9. The average Bonchev–Trinajstić information content (AvgIpc) is 3.86. The van der Waals surface area contributed by atoms with Gasteiger partial charge in [0.25, 0.3) is 0 Å². The molecule has 3 fully saturated rings. The zero-order chi connectivity index (χ0) is 37.0. The van der Waals surface area contributed by atoms with Crippen LogP contribution in [0.5, 0.6) is 0 Å². The van der Waals surface area contributed by atoms with E-state index >= 15 is 0 Å². The van der Waals surface area contributed by atoms with Crippen LogP contribution in [0.1, 0.15) is 101 Å². The minimum Gasteiger partial charge on any atom is -0.391 e. The van der Waals surface area contributed by atoms with Gasteiger partial charge in [-0.15, -0.1) is 0 Å². The maximum atomic E-state index is 14.7. The normalized spacial score (nSPS) is 22.2. The largest absolute Gasteiger partial charge is 0.391 e. The fourth-order valence-corrected chi connectivity index (χ4v) is 9.12. The first kappa shape index (κ1) is 38.7. The van der Waals surface area contributed by atoms with Gasteiger partial charge in [-0.25, -0.2) is 0 Å². The van der Waals surface area contributed by atoms with Crippen molar-refractivity contribution in [1.29, 1.82) is 0 Å². The number of rotatable bonds is 16. The smallest absolute Gasteiger partial charge is 0.246 e. The number of unbranched alkanes of at least 4 members (excludes halogenated alkanes) is 5. The van der Waals surface area contributed by atoms with Gasteiger partial charge in [0.15, 0.2) is 0 Å². The van der Waals surface area contributed by atoms with E-state index < -0.39 is 23.6 Å². The van der Waals surface area contributed by atoms with Crippen LogP contribution >= 0.6 is 0 Å². The number of carbonyl (C=O) groups excluding carboxylic acids is 3. The van der Waals surface area contributed by atoms with Crippen molar-refractivity contribution in [1.82, 2.24) is 20.0 Å². The van der Waals surface area contributed by atoms with Gasteiger partial charge in [0.1, 0.15) is 12.1 Å². The maximum absolute atomic E-state index is 14.7. The summed E-state index contributed by atoms with van der Waals surface area (Å²) in [6, 6.07) is 28.8. The Morgan fingerprint density at radius 3 is 1.92 bits per heavy atom. The number of benzene rings is 3. The van der Waals surface area contributed by atoms with Crippen LogP contribution < -0.4 is 5.32 Å². The van der Waals surface area contributed by atoms with Crippen molar-refractivity contribution in [3.8, 4) is 0 Å². The second kappa shape index (κ2) is 18.8. The first-order valence-corrected chi connectivity index (χ1v) is 20.4. The van der Waals surface area contributed by atoms with Crippen LogP contribution in [0.4, 0.5) is 0 Å². The zero-order valence-electron chi connectivity index (χ0n) is 31.7. The fraction of sp³-hybridized carbons (Fsp3) is 0.533.